The number of nitrogens with one attached hydrogen (secondary N) is 1. The smallest absolute Gasteiger partial charge is 0.0652 e. The van der Waals surface area contributed by atoms with Gasteiger partial charge in [0.25, 0.3) is 0 Å². The second kappa shape index (κ2) is 5.30. The van der Waals surface area contributed by atoms with Crippen LogP contribution >= 0.6 is 23.2 Å². The molecular weight excluding hydrogens is 265 g/mol. The van der Waals surface area contributed by atoms with Gasteiger partial charge < -0.3 is 5.32 Å². The van der Waals surface area contributed by atoms with Crippen LogP contribution in [-0.2, 0) is 0 Å². The molecule has 1 nitrogen and oxygen atoms in total. The molecule has 1 aliphatic rings. The van der Waals surface area contributed by atoms with Gasteiger partial charge in [-0.05, 0) is 48.8 Å². The van der Waals surface area contributed by atoms with Gasteiger partial charge in [0.2, 0.25) is 0 Å². The second-order valence-corrected chi connectivity index (χ2v) is 7.22. The minimum Gasteiger partial charge on any atom is -0.381 e. The Labute approximate surface area is 120 Å². The fourth-order valence-corrected chi connectivity index (χ4v) is 3.75. The molecule has 1 N–H and O–H groups in total. The average Bonchev–Trinajstić information content (AvgIpc) is 2.19. The van der Waals surface area contributed by atoms with Crippen molar-refractivity contribution >= 4 is 28.9 Å². The molecule has 1 saturated carbocycles. The molecule has 1 aromatic rings. The zero-order chi connectivity index (χ0) is 13.3. The van der Waals surface area contributed by atoms with E-state index in [4.69, 9.17) is 23.2 Å². The second-order valence-electron chi connectivity index (χ2n) is 6.38. The molecule has 1 aliphatic carbocycles. The van der Waals surface area contributed by atoms with Gasteiger partial charge in [-0.3, -0.25) is 0 Å². The summed E-state index contributed by atoms with van der Waals surface area (Å²) in [7, 11) is 0. The van der Waals surface area contributed by atoms with Crippen molar-refractivity contribution in [1.29, 1.82) is 0 Å². The molecule has 18 heavy (non-hydrogen) atoms. The maximum atomic E-state index is 6.21. The number of benzene rings is 1. The van der Waals surface area contributed by atoms with Crippen molar-refractivity contribution in [3.63, 3.8) is 0 Å². The fraction of sp³-hybridized carbons (Fsp3) is 0.600. The largest absolute Gasteiger partial charge is 0.381 e. The first-order valence-electron chi connectivity index (χ1n) is 6.57. The predicted octanol–water partition coefficient (Wildman–Crippen LogP) is 5.62. The van der Waals surface area contributed by atoms with Gasteiger partial charge in [0, 0.05) is 11.1 Å². The van der Waals surface area contributed by atoms with E-state index in [1.807, 2.05) is 12.1 Å². The summed E-state index contributed by atoms with van der Waals surface area (Å²) in [6.45, 7) is 7.03. The number of halogens is 2. The summed E-state index contributed by atoms with van der Waals surface area (Å²) in [4.78, 5) is 0. The summed E-state index contributed by atoms with van der Waals surface area (Å²) < 4.78 is 0. The Balaban J connectivity index is 2.09. The minimum atomic E-state index is 0.411. The molecule has 2 atom stereocenters. The number of hydrogen-bond acceptors (Lipinski definition) is 1. The number of anilines is 1. The van der Waals surface area contributed by atoms with E-state index in [2.05, 4.69) is 26.1 Å². The van der Waals surface area contributed by atoms with Crippen LogP contribution in [0.4, 0.5) is 5.69 Å². The number of rotatable bonds is 2. The highest BCUT2D eigenvalue weighted by Gasteiger charge is 2.32. The van der Waals surface area contributed by atoms with Crippen molar-refractivity contribution in [2.24, 2.45) is 11.3 Å². The van der Waals surface area contributed by atoms with Crippen molar-refractivity contribution in [3.8, 4) is 0 Å². The molecule has 0 bridgehead atoms. The Morgan fingerprint density at radius 2 is 1.94 bits per heavy atom. The van der Waals surface area contributed by atoms with Crippen molar-refractivity contribution in [1.82, 2.24) is 0 Å². The highest BCUT2D eigenvalue weighted by atomic mass is 35.5. The van der Waals surface area contributed by atoms with Gasteiger partial charge in [-0.25, -0.2) is 0 Å². The maximum Gasteiger partial charge on any atom is 0.0652 e. The van der Waals surface area contributed by atoms with Crippen LogP contribution in [0.1, 0.15) is 40.0 Å². The van der Waals surface area contributed by atoms with Crippen molar-refractivity contribution < 1.29 is 0 Å². The lowest BCUT2D eigenvalue weighted by Gasteiger charge is -2.39. The third kappa shape index (κ3) is 3.55. The first-order valence-corrected chi connectivity index (χ1v) is 7.33. The van der Waals surface area contributed by atoms with Crippen LogP contribution in [-0.4, -0.2) is 6.04 Å². The number of hydrogen-bond donors (Lipinski definition) is 1. The highest BCUT2D eigenvalue weighted by molar-refractivity contribution is 6.36. The molecule has 2 rings (SSSR count). The fourth-order valence-electron chi connectivity index (χ4n) is 3.28. The monoisotopic (exact) mass is 285 g/mol. The van der Waals surface area contributed by atoms with E-state index in [1.165, 1.54) is 19.3 Å². The van der Waals surface area contributed by atoms with Gasteiger partial charge in [0.05, 0.1) is 10.7 Å². The van der Waals surface area contributed by atoms with Crippen LogP contribution in [0, 0.1) is 11.3 Å². The normalized spacial score (nSPS) is 26.9. The van der Waals surface area contributed by atoms with Gasteiger partial charge >= 0.3 is 0 Å². The Hall–Kier alpha value is -0.400. The molecule has 0 spiro atoms. The summed E-state index contributed by atoms with van der Waals surface area (Å²) in [5, 5.41) is 4.96. The molecular formula is C15H21Cl2N. The zero-order valence-corrected chi connectivity index (χ0v) is 12.8. The molecule has 0 aromatic heterocycles. The van der Waals surface area contributed by atoms with Gasteiger partial charge in [0.15, 0.2) is 0 Å². The predicted molar refractivity (Wildman–Crippen MR) is 80.7 cm³/mol. The van der Waals surface area contributed by atoms with E-state index in [0.29, 0.717) is 21.5 Å². The molecule has 100 valence electrons. The summed E-state index contributed by atoms with van der Waals surface area (Å²) >= 11 is 12.1. The van der Waals surface area contributed by atoms with E-state index < -0.39 is 0 Å². The van der Waals surface area contributed by atoms with E-state index in [-0.39, 0.29) is 0 Å². The van der Waals surface area contributed by atoms with Gasteiger partial charge in [-0.15, -0.1) is 0 Å². The molecule has 2 unspecified atom stereocenters. The lowest BCUT2D eigenvalue weighted by Crippen LogP contribution is -2.35. The highest BCUT2D eigenvalue weighted by Crippen LogP contribution is 2.40. The molecule has 0 aliphatic heterocycles. The van der Waals surface area contributed by atoms with Crippen LogP contribution in [0.15, 0.2) is 18.2 Å². The Kier molecular flexibility index (Phi) is 4.13. The SMILES string of the molecule is CC1CC(Nc2ccc(Cl)cc2Cl)CC(C)(C)C1. The van der Waals surface area contributed by atoms with Crippen molar-refractivity contribution in [2.45, 2.75) is 46.1 Å². The van der Waals surface area contributed by atoms with Gasteiger partial charge in [-0.2, -0.15) is 0 Å². The summed E-state index contributed by atoms with van der Waals surface area (Å²) in [5.74, 6) is 0.761. The molecule has 1 fully saturated rings. The Morgan fingerprint density at radius 1 is 1.22 bits per heavy atom. The van der Waals surface area contributed by atoms with Crippen LogP contribution in [0.2, 0.25) is 10.0 Å². The first-order chi connectivity index (χ1) is 8.35. The van der Waals surface area contributed by atoms with Gasteiger partial charge in [0.1, 0.15) is 0 Å². The Morgan fingerprint density at radius 3 is 2.56 bits per heavy atom. The molecule has 3 heteroatoms. The summed E-state index contributed by atoms with van der Waals surface area (Å²) in [6.07, 6.45) is 3.71. The third-order valence-corrected chi connectivity index (χ3v) is 4.23. The van der Waals surface area contributed by atoms with E-state index in [0.717, 1.165) is 11.6 Å². The zero-order valence-electron chi connectivity index (χ0n) is 11.3. The van der Waals surface area contributed by atoms with Gasteiger partial charge in [-0.1, -0.05) is 44.0 Å². The molecule has 0 radical (unpaired) electrons. The van der Waals surface area contributed by atoms with Crippen molar-refractivity contribution in [2.75, 3.05) is 5.32 Å². The lowest BCUT2D eigenvalue weighted by atomic mass is 9.70. The maximum absolute atomic E-state index is 6.21. The molecule has 1 aromatic carbocycles. The molecule has 0 saturated heterocycles. The van der Waals surface area contributed by atoms with E-state index in [9.17, 15) is 0 Å². The molecule has 0 amide bonds. The molecule has 0 heterocycles. The Bertz CT molecular complexity index is 429. The first kappa shape index (κ1) is 14.0. The van der Waals surface area contributed by atoms with Crippen LogP contribution in [0.5, 0.6) is 0 Å². The lowest BCUT2D eigenvalue weighted by molar-refractivity contribution is 0.178. The van der Waals surface area contributed by atoms with Crippen molar-refractivity contribution in [3.05, 3.63) is 28.2 Å². The van der Waals surface area contributed by atoms with Crippen LogP contribution in [0.3, 0.4) is 0 Å². The minimum absolute atomic E-state index is 0.411. The van der Waals surface area contributed by atoms with Crippen LogP contribution in [0.25, 0.3) is 0 Å². The topological polar surface area (TPSA) is 12.0 Å². The summed E-state index contributed by atoms with van der Waals surface area (Å²) in [5.41, 5.74) is 1.41. The average molecular weight is 286 g/mol. The van der Waals surface area contributed by atoms with E-state index >= 15 is 0 Å². The third-order valence-electron chi connectivity index (χ3n) is 3.68. The quantitative estimate of drug-likeness (QED) is 0.744. The standard InChI is InChI=1S/C15H21Cl2N/c1-10-6-12(9-15(2,3)8-10)18-14-5-4-11(16)7-13(14)17/h4-5,7,10,12,18H,6,8-9H2,1-3H3. The van der Waals surface area contributed by atoms with E-state index in [1.54, 1.807) is 6.07 Å². The van der Waals surface area contributed by atoms with Crippen LogP contribution < -0.4 is 5.32 Å². The summed E-state index contributed by atoms with van der Waals surface area (Å²) in [6, 6.07) is 6.15.